The van der Waals surface area contributed by atoms with Gasteiger partial charge < -0.3 is 14.6 Å². The number of carbonyl (C=O) groups excluding carboxylic acids is 1. The Kier molecular flexibility index (Phi) is 5.53. The van der Waals surface area contributed by atoms with Gasteiger partial charge in [0, 0.05) is 12.1 Å². The zero-order valence-corrected chi connectivity index (χ0v) is 17.4. The van der Waals surface area contributed by atoms with Crippen LogP contribution in [0, 0.1) is 6.92 Å². The predicted octanol–water partition coefficient (Wildman–Crippen LogP) is 4.89. The third-order valence-electron chi connectivity index (χ3n) is 5.31. The molecule has 5 nitrogen and oxygen atoms in total. The van der Waals surface area contributed by atoms with Gasteiger partial charge in [-0.2, -0.15) is 0 Å². The van der Waals surface area contributed by atoms with Crippen LogP contribution in [0.5, 0.6) is 5.75 Å². The smallest absolute Gasteiger partial charge is 0.252 e. The molecule has 1 amide bonds. The molecule has 5 heteroatoms. The number of fused-ring (bicyclic) bond motifs is 1. The molecule has 30 heavy (non-hydrogen) atoms. The van der Waals surface area contributed by atoms with Crippen LogP contribution in [0.15, 0.2) is 72.8 Å². The van der Waals surface area contributed by atoms with Crippen LogP contribution < -0.4 is 10.1 Å². The highest BCUT2D eigenvalue weighted by molar-refractivity contribution is 5.95. The summed E-state index contributed by atoms with van der Waals surface area (Å²) < 4.78 is 7.43. The number of aromatic nitrogens is 2. The Morgan fingerprint density at radius 2 is 1.73 bits per heavy atom. The number of nitrogens with zero attached hydrogens (tertiary/aromatic N) is 2. The molecule has 3 aromatic carbocycles. The normalized spacial score (nSPS) is 12.0. The van der Waals surface area contributed by atoms with Gasteiger partial charge in [0.25, 0.3) is 5.91 Å². The summed E-state index contributed by atoms with van der Waals surface area (Å²) in [6.07, 6.45) is 0. The van der Waals surface area contributed by atoms with E-state index in [1.165, 1.54) is 0 Å². The number of imidazole rings is 1. The molecular weight excluding hydrogens is 374 g/mol. The van der Waals surface area contributed by atoms with Gasteiger partial charge in [0.1, 0.15) is 11.6 Å². The van der Waals surface area contributed by atoms with E-state index in [2.05, 4.69) is 16.0 Å². The van der Waals surface area contributed by atoms with Crippen molar-refractivity contribution in [3.05, 3.63) is 95.3 Å². The van der Waals surface area contributed by atoms with Crippen molar-refractivity contribution in [2.45, 2.75) is 26.4 Å². The van der Waals surface area contributed by atoms with Crippen molar-refractivity contribution in [1.29, 1.82) is 0 Å². The minimum Gasteiger partial charge on any atom is -0.497 e. The van der Waals surface area contributed by atoms with Crippen molar-refractivity contribution >= 4 is 16.9 Å². The standard InChI is InChI=1S/C25H25N3O2/c1-17-8-4-5-9-21(17)25(29)26-18(2)24-27-22-10-6-7-11-23(22)28(24)16-19-12-14-20(30-3)15-13-19/h4-15,18H,16H2,1-3H3,(H,26,29). The SMILES string of the molecule is COc1ccc(Cn2c(C(C)NC(=O)c3ccccc3C)nc3ccccc32)cc1. The van der Waals surface area contributed by atoms with E-state index < -0.39 is 0 Å². The van der Waals surface area contributed by atoms with E-state index >= 15 is 0 Å². The molecule has 0 bridgehead atoms. The molecule has 1 unspecified atom stereocenters. The molecule has 1 atom stereocenters. The second kappa shape index (κ2) is 8.41. The van der Waals surface area contributed by atoms with Gasteiger partial charge in [-0.15, -0.1) is 0 Å². The minimum atomic E-state index is -0.247. The first kappa shape index (κ1) is 19.7. The fraction of sp³-hybridized carbons (Fsp3) is 0.200. The molecule has 1 N–H and O–H groups in total. The van der Waals surface area contributed by atoms with E-state index in [0.29, 0.717) is 12.1 Å². The maximum atomic E-state index is 12.8. The summed E-state index contributed by atoms with van der Waals surface area (Å²) >= 11 is 0. The van der Waals surface area contributed by atoms with Crippen molar-refractivity contribution in [2.75, 3.05) is 7.11 Å². The third-order valence-corrected chi connectivity index (χ3v) is 5.31. The van der Waals surface area contributed by atoms with E-state index in [-0.39, 0.29) is 11.9 Å². The molecule has 1 heterocycles. The molecule has 0 saturated heterocycles. The van der Waals surface area contributed by atoms with E-state index in [0.717, 1.165) is 33.7 Å². The summed E-state index contributed by atoms with van der Waals surface area (Å²) in [5.41, 5.74) is 4.73. The van der Waals surface area contributed by atoms with E-state index in [1.54, 1.807) is 7.11 Å². The van der Waals surface area contributed by atoms with Gasteiger partial charge in [-0.25, -0.2) is 4.98 Å². The lowest BCUT2D eigenvalue weighted by molar-refractivity contribution is 0.0937. The number of benzene rings is 3. The molecule has 4 rings (SSSR count). The van der Waals surface area contributed by atoms with Gasteiger partial charge in [0.05, 0.1) is 24.2 Å². The van der Waals surface area contributed by atoms with Crippen LogP contribution >= 0.6 is 0 Å². The number of ether oxygens (including phenoxy) is 1. The minimum absolute atomic E-state index is 0.0938. The lowest BCUT2D eigenvalue weighted by Gasteiger charge is -2.17. The molecule has 0 saturated carbocycles. The van der Waals surface area contributed by atoms with Crippen molar-refractivity contribution < 1.29 is 9.53 Å². The summed E-state index contributed by atoms with van der Waals surface area (Å²) in [6.45, 7) is 4.57. The summed E-state index contributed by atoms with van der Waals surface area (Å²) in [6, 6.07) is 23.4. The highest BCUT2D eigenvalue weighted by Crippen LogP contribution is 2.23. The molecule has 0 aliphatic rings. The Labute approximate surface area is 176 Å². The van der Waals surface area contributed by atoms with E-state index in [1.807, 2.05) is 80.6 Å². The lowest BCUT2D eigenvalue weighted by Crippen LogP contribution is -2.29. The largest absolute Gasteiger partial charge is 0.497 e. The maximum absolute atomic E-state index is 12.8. The summed E-state index contributed by atoms with van der Waals surface area (Å²) in [7, 11) is 1.66. The highest BCUT2D eigenvalue weighted by Gasteiger charge is 2.20. The number of carbonyl (C=O) groups is 1. The van der Waals surface area contributed by atoms with Crippen molar-refractivity contribution in [3.8, 4) is 5.75 Å². The van der Waals surface area contributed by atoms with Crippen LogP contribution in [0.25, 0.3) is 11.0 Å². The molecule has 4 aromatic rings. The van der Waals surface area contributed by atoms with Crippen LogP contribution in [-0.4, -0.2) is 22.6 Å². The average Bonchev–Trinajstić information content (AvgIpc) is 3.13. The van der Waals surface area contributed by atoms with Crippen LogP contribution in [-0.2, 0) is 6.54 Å². The molecule has 0 aliphatic carbocycles. The molecule has 152 valence electrons. The predicted molar refractivity (Wildman–Crippen MR) is 119 cm³/mol. The van der Waals surface area contributed by atoms with Crippen molar-refractivity contribution in [2.24, 2.45) is 0 Å². The summed E-state index contributed by atoms with van der Waals surface area (Å²) in [4.78, 5) is 17.7. The quantitative estimate of drug-likeness (QED) is 0.502. The lowest BCUT2D eigenvalue weighted by atomic mass is 10.1. The topological polar surface area (TPSA) is 56.1 Å². The van der Waals surface area contributed by atoms with Gasteiger partial charge in [-0.1, -0.05) is 42.5 Å². The van der Waals surface area contributed by atoms with Gasteiger partial charge in [0.15, 0.2) is 0 Å². The summed E-state index contributed by atoms with van der Waals surface area (Å²) in [5.74, 6) is 1.56. The van der Waals surface area contributed by atoms with Crippen molar-refractivity contribution in [1.82, 2.24) is 14.9 Å². The van der Waals surface area contributed by atoms with Gasteiger partial charge >= 0.3 is 0 Å². The Hall–Kier alpha value is -3.60. The van der Waals surface area contributed by atoms with Crippen LogP contribution in [0.2, 0.25) is 0 Å². The number of hydrogen-bond donors (Lipinski definition) is 1. The fourth-order valence-corrected chi connectivity index (χ4v) is 3.67. The van der Waals surface area contributed by atoms with Crippen LogP contribution in [0.4, 0.5) is 0 Å². The van der Waals surface area contributed by atoms with Crippen LogP contribution in [0.3, 0.4) is 0 Å². The molecule has 0 fully saturated rings. The molecular formula is C25H25N3O2. The van der Waals surface area contributed by atoms with Gasteiger partial charge in [-0.05, 0) is 55.3 Å². The average molecular weight is 399 g/mol. The highest BCUT2D eigenvalue weighted by atomic mass is 16.5. The monoisotopic (exact) mass is 399 g/mol. The van der Waals surface area contributed by atoms with Crippen molar-refractivity contribution in [3.63, 3.8) is 0 Å². The van der Waals surface area contributed by atoms with Gasteiger partial charge in [-0.3, -0.25) is 4.79 Å². The Bertz CT molecular complexity index is 1180. The molecule has 1 aromatic heterocycles. The summed E-state index contributed by atoms with van der Waals surface area (Å²) in [5, 5.41) is 3.12. The first-order valence-electron chi connectivity index (χ1n) is 10.0. The number of aryl methyl sites for hydroxylation is 1. The number of nitrogens with one attached hydrogen (secondary N) is 1. The Morgan fingerprint density at radius 3 is 2.47 bits per heavy atom. The zero-order chi connectivity index (χ0) is 21.1. The van der Waals surface area contributed by atoms with E-state index in [4.69, 9.17) is 9.72 Å². The Morgan fingerprint density at radius 1 is 1.03 bits per heavy atom. The molecule has 0 spiro atoms. The number of hydrogen-bond acceptors (Lipinski definition) is 3. The molecule has 0 radical (unpaired) electrons. The number of rotatable bonds is 6. The fourth-order valence-electron chi connectivity index (χ4n) is 3.67. The second-order valence-electron chi connectivity index (χ2n) is 7.40. The zero-order valence-electron chi connectivity index (χ0n) is 17.4. The Balaban J connectivity index is 1.66. The first-order valence-corrected chi connectivity index (χ1v) is 10.0. The first-order chi connectivity index (χ1) is 14.6. The third kappa shape index (κ3) is 3.92. The number of amides is 1. The number of methoxy groups -OCH3 is 1. The van der Waals surface area contributed by atoms with Crippen LogP contribution in [0.1, 0.15) is 40.3 Å². The number of para-hydroxylation sites is 2. The van der Waals surface area contributed by atoms with E-state index in [9.17, 15) is 4.79 Å². The molecule has 0 aliphatic heterocycles. The second-order valence-corrected chi connectivity index (χ2v) is 7.40. The maximum Gasteiger partial charge on any atom is 0.252 e. The van der Waals surface area contributed by atoms with Gasteiger partial charge in [0.2, 0.25) is 0 Å².